The van der Waals surface area contributed by atoms with E-state index in [2.05, 4.69) is 15.6 Å². The highest BCUT2D eigenvalue weighted by atomic mass is 16.2. The Kier molecular flexibility index (Phi) is 3.97. The van der Waals surface area contributed by atoms with E-state index < -0.39 is 0 Å². The van der Waals surface area contributed by atoms with E-state index in [9.17, 15) is 4.79 Å². The summed E-state index contributed by atoms with van der Waals surface area (Å²) in [5.74, 6) is 0.0961. The standard InChI is InChI=1S/C17H19N5O/c1-21(2)17(23)10-12-4-6-13(7-5-12)18-14-8-9-16-15(11-14)19-20-22(16)3/h4-9,11,18H,10H2,1-3H3. The zero-order valence-electron chi connectivity index (χ0n) is 13.4. The summed E-state index contributed by atoms with van der Waals surface area (Å²) < 4.78 is 1.75. The molecule has 0 fully saturated rings. The average molecular weight is 309 g/mol. The van der Waals surface area contributed by atoms with Crippen LogP contribution in [0.5, 0.6) is 0 Å². The highest BCUT2D eigenvalue weighted by Gasteiger charge is 2.06. The zero-order chi connectivity index (χ0) is 16.4. The molecule has 0 radical (unpaired) electrons. The number of benzene rings is 2. The second kappa shape index (κ2) is 6.08. The Bertz CT molecular complexity index is 836. The molecule has 1 amide bonds. The Morgan fingerprint density at radius 3 is 2.52 bits per heavy atom. The molecule has 0 bridgehead atoms. The fourth-order valence-corrected chi connectivity index (χ4v) is 2.32. The van der Waals surface area contributed by atoms with Crippen molar-refractivity contribution in [3.63, 3.8) is 0 Å². The molecule has 6 nitrogen and oxygen atoms in total. The van der Waals surface area contributed by atoms with Crippen molar-refractivity contribution in [2.24, 2.45) is 7.05 Å². The minimum atomic E-state index is 0.0961. The smallest absolute Gasteiger partial charge is 0.226 e. The van der Waals surface area contributed by atoms with Gasteiger partial charge < -0.3 is 10.2 Å². The minimum absolute atomic E-state index is 0.0961. The van der Waals surface area contributed by atoms with Crippen LogP contribution in [0.2, 0.25) is 0 Å². The normalized spacial score (nSPS) is 10.7. The van der Waals surface area contributed by atoms with Gasteiger partial charge in [0.1, 0.15) is 5.52 Å². The lowest BCUT2D eigenvalue weighted by Gasteiger charge is -2.11. The van der Waals surface area contributed by atoms with Crippen LogP contribution >= 0.6 is 0 Å². The number of anilines is 2. The first kappa shape index (κ1) is 15.0. The van der Waals surface area contributed by atoms with E-state index in [4.69, 9.17) is 0 Å². The number of nitrogens with zero attached hydrogens (tertiary/aromatic N) is 4. The summed E-state index contributed by atoms with van der Waals surface area (Å²) in [6, 6.07) is 13.8. The highest BCUT2D eigenvalue weighted by Crippen LogP contribution is 2.21. The van der Waals surface area contributed by atoms with Gasteiger partial charge in [0.25, 0.3) is 0 Å². The van der Waals surface area contributed by atoms with Crippen molar-refractivity contribution in [3.8, 4) is 0 Å². The summed E-state index contributed by atoms with van der Waals surface area (Å²) in [5.41, 5.74) is 4.77. The number of likely N-dealkylation sites (N-methyl/N-ethyl adjacent to an activating group) is 1. The number of hydrogen-bond donors (Lipinski definition) is 1. The number of carbonyl (C=O) groups excluding carboxylic acids is 1. The molecule has 0 saturated carbocycles. The average Bonchev–Trinajstić information content (AvgIpc) is 2.90. The second-order valence-electron chi connectivity index (χ2n) is 5.70. The second-order valence-corrected chi connectivity index (χ2v) is 5.70. The first-order chi connectivity index (χ1) is 11.0. The third-order valence-corrected chi connectivity index (χ3v) is 3.71. The van der Waals surface area contributed by atoms with Crippen molar-refractivity contribution in [3.05, 3.63) is 48.0 Å². The van der Waals surface area contributed by atoms with Crippen LogP contribution in [-0.2, 0) is 18.3 Å². The molecule has 0 aliphatic heterocycles. The zero-order valence-corrected chi connectivity index (χ0v) is 13.4. The number of amides is 1. The van der Waals surface area contributed by atoms with Gasteiger partial charge in [-0.15, -0.1) is 5.10 Å². The molecule has 3 rings (SSSR count). The molecule has 118 valence electrons. The molecule has 0 saturated heterocycles. The molecule has 0 atom stereocenters. The van der Waals surface area contributed by atoms with Gasteiger partial charge >= 0.3 is 0 Å². The number of nitrogens with one attached hydrogen (secondary N) is 1. The summed E-state index contributed by atoms with van der Waals surface area (Å²) in [5, 5.41) is 11.5. The number of hydrogen-bond acceptors (Lipinski definition) is 4. The number of rotatable bonds is 4. The molecule has 3 aromatic rings. The van der Waals surface area contributed by atoms with Crippen LogP contribution in [0.4, 0.5) is 11.4 Å². The summed E-state index contributed by atoms with van der Waals surface area (Å²) >= 11 is 0. The van der Waals surface area contributed by atoms with Crippen molar-refractivity contribution < 1.29 is 4.79 Å². The molecule has 23 heavy (non-hydrogen) atoms. The predicted octanol–water partition coefficient (Wildman–Crippen LogP) is 2.34. The van der Waals surface area contributed by atoms with Gasteiger partial charge in [0.2, 0.25) is 5.91 Å². The van der Waals surface area contributed by atoms with E-state index in [0.29, 0.717) is 6.42 Å². The van der Waals surface area contributed by atoms with Crippen molar-refractivity contribution in [1.29, 1.82) is 0 Å². The molecule has 2 aromatic carbocycles. The third kappa shape index (κ3) is 3.31. The fraction of sp³-hybridized carbons (Fsp3) is 0.235. The van der Waals surface area contributed by atoms with E-state index in [0.717, 1.165) is 28.0 Å². The predicted molar refractivity (Wildman–Crippen MR) is 90.6 cm³/mol. The largest absolute Gasteiger partial charge is 0.355 e. The van der Waals surface area contributed by atoms with Gasteiger partial charge in [0.15, 0.2) is 0 Å². The van der Waals surface area contributed by atoms with Gasteiger partial charge in [-0.2, -0.15) is 0 Å². The molecule has 1 aromatic heterocycles. The van der Waals surface area contributed by atoms with Crippen molar-refractivity contribution in [2.45, 2.75) is 6.42 Å². The van der Waals surface area contributed by atoms with E-state index >= 15 is 0 Å². The van der Waals surface area contributed by atoms with Crippen LogP contribution in [0.3, 0.4) is 0 Å². The number of fused-ring (bicyclic) bond motifs is 1. The van der Waals surface area contributed by atoms with Gasteiger partial charge in [0, 0.05) is 32.5 Å². The van der Waals surface area contributed by atoms with E-state index in [1.165, 1.54) is 0 Å². The fourth-order valence-electron chi connectivity index (χ4n) is 2.32. The number of aromatic nitrogens is 3. The topological polar surface area (TPSA) is 63.1 Å². The molecule has 1 N–H and O–H groups in total. The SMILES string of the molecule is CN(C)C(=O)Cc1ccc(Nc2ccc3c(c2)nnn3C)cc1. The Morgan fingerprint density at radius 1 is 1.13 bits per heavy atom. The Morgan fingerprint density at radius 2 is 1.83 bits per heavy atom. The number of carbonyl (C=O) groups is 1. The van der Waals surface area contributed by atoms with Gasteiger partial charge in [-0.05, 0) is 35.9 Å². The molecular formula is C17H19N5O. The molecule has 6 heteroatoms. The lowest BCUT2D eigenvalue weighted by molar-refractivity contribution is -0.127. The maximum atomic E-state index is 11.7. The van der Waals surface area contributed by atoms with Crippen LogP contribution in [0, 0.1) is 0 Å². The van der Waals surface area contributed by atoms with Gasteiger partial charge in [-0.1, -0.05) is 17.3 Å². The van der Waals surface area contributed by atoms with Crippen LogP contribution in [-0.4, -0.2) is 39.9 Å². The molecule has 0 spiro atoms. The maximum Gasteiger partial charge on any atom is 0.226 e. The van der Waals surface area contributed by atoms with Gasteiger partial charge in [-0.3, -0.25) is 4.79 Å². The lowest BCUT2D eigenvalue weighted by atomic mass is 10.1. The van der Waals surface area contributed by atoms with Gasteiger partial charge in [0.05, 0.1) is 11.9 Å². The first-order valence-electron chi connectivity index (χ1n) is 7.38. The summed E-state index contributed by atoms with van der Waals surface area (Å²) in [7, 11) is 5.40. The summed E-state index contributed by atoms with van der Waals surface area (Å²) in [4.78, 5) is 13.3. The van der Waals surface area contributed by atoms with Gasteiger partial charge in [-0.25, -0.2) is 4.68 Å². The molecule has 0 unspecified atom stereocenters. The van der Waals surface area contributed by atoms with Crippen molar-refractivity contribution >= 4 is 28.3 Å². The van der Waals surface area contributed by atoms with Crippen molar-refractivity contribution in [2.75, 3.05) is 19.4 Å². The summed E-state index contributed by atoms with van der Waals surface area (Å²) in [6.07, 6.45) is 0.416. The first-order valence-corrected chi connectivity index (χ1v) is 7.38. The van der Waals surface area contributed by atoms with Crippen molar-refractivity contribution in [1.82, 2.24) is 19.9 Å². The van der Waals surface area contributed by atoms with Crippen LogP contribution in [0.15, 0.2) is 42.5 Å². The monoisotopic (exact) mass is 309 g/mol. The Hall–Kier alpha value is -2.89. The highest BCUT2D eigenvalue weighted by molar-refractivity contribution is 5.80. The summed E-state index contributed by atoms with van der Waals surface area (Å²) in [6.45, 7) is 0. The molecule has 0 aliphatic carbocycles. The minimum Gasteiger partial charge on any atom is -0.355 e. The molecule has 1 heterocycles. The van der Waals surface area contributed by atoms with Crippen LogP contribution in [0.25, 0.3) is 11.0 Å². The Labute approximate surface area is 134 Å². The van der Waals surface area contributed by atoms with Crippen LogP contribution in [0.1, 0.15) is 5.56 Å². The molecule has 0 aliphatic rings. The van der Waals surface area contributed by atoms with E-state index in [-0.39, 0.29) is 5.91 Å². The lowest BCUT2D eigenvalue weighted by Crippen LogP contribution is -2.23. The maximum absolute atomic E-state index is 11.7. The van der Waals surface area contributed by atoms with Crippen LogP contribution < -0.4 is 5.32 Å². The molecular weight excluding hydrogens is 290 g/mol. The quantitative estimate of drug-likeness (QED) is 0.803. The Balaban J connectivity index is 1.73. The van der Waals surface area contributed by atoms with E-state index in [1.807, 2.05) is 49.5 Å². The number of aryl methyl sites for hydroxylation is 1. The third-order valence-electron chi connectivity index (χ3n) is 3.71. The van der Waals surface area contributed by atoms with E-state index in [1.54, 1.807) is 23.7 Å².